The molecule has 0 aliphatic carbocycles. The highest BCUT2D eigenvalue weighted by molar-refractivity contribution is 5.85. The van der Waals surface area contributed by atoms with Crippen LogP contribution in [0.1, 0.15) is 18.9 Å². The maximum atomic E-state index is 11.9. The van der Waals surface area contributed by atoms with E-state index in [1.54, 1.807) is 18.2 Å². The molecule has 1 fully saturated rings. The molecule has 7 heteroatoms. The van der Waals surface area contributed by atoms with Crippen LogP contribution in [0.15, 0.2) is 27.4 Å². The van der Waals surface area contributed by atoms with Crippen molar-refractivity contribution in [3.63, 3.8) is 0 Å². The van der Waals surface area contributed by atoms with Crippen LogP contribution in [0.5, 0.6) is 0 Å². The Morgan fingerprint density at radius 2 is 2.21 bits per heavy atom. The molecular weight excluding hydrogens is 250 g/mol. The Hall–Kier alpha value is -2.28. The first-order valence-electron chi connectivity index (χ1n) is 5.95. The summed E-state index contributed by atoms with van der Waals surface area (Å²) in [5, 5.41) is 12.3. The van der Waals surface area contributed by atoms with E-state index in [1.807, 2.05) is 0 Å². The number of anilines is 1. The molecule has 4 N–H and O–H groups in total. The minimum atomic E-state index is -1.11. The largest absolute Gasteiger partial charge is 0.420 e. The lowest BCUT2D eigenvalue weighted by Crippen LogP contribution is -2.47. The third kappa shape index (κ3) is 1.78. The Balaban J connectivity index is 2.15. The van der Waals surface area contributed by atoms with Gasteiger partial charge in [-0.15, -0.1) is 0 Å². The summed E-state index contributed by atoms with van der Waals surface area (Å²) in [5.41, 5.74) is 6.93. The van der Waals surface area contributed by atoms with E-state index in [2.05, 4.69) is 5.32 Å². The predicted molar refractivity (Wildman–Crippen MR) is 67.3 cm³/mol. The van der Waals surface area contributed by atoms with Crippen molar-refractivity contribution >= 4 is 22.7 Å². The highest BCUT2D eigenvalue weighted by Crippen LogP contribution is 2.27. The van der Waals surface area contributed by atoms with E-state index in [0.29, 0.717) is 23.2 Å². The van der Waals surface area contributed by atoms with Crippen LogP contribution < -0.4 is 16.8 Å². The van der Waals surface area contributed by atoms with Crippen LogP contribution in [0.3, 0.4) is 0 Å². The van der Waals surface area contributed by atoms with E-state index in [9.17, 15) is 14.7 Å². The third-order valence-corrected chi connectivity index (χ3v) is 3.34. The normalized spacial score (nSPS) is 23.5. The Labute approximate surface area is 107 Å². The number of para-hydroxylation sites is 1. The van der Waals surface area contributed by atoms with E-state index in [4.69, 9.17) is 10.2 Å². The van der Waals surface area contributed by atoms with Crippen LogP contribution in [-0.2, 0) is 4.79 Å². The molecule has 0 spiro atoms. The SMILES string of the molecule is Nc1cccc2c1oc(=O)n2C1CCC(=O)NC1O. The van der Waals surface area contributed by atoms with Gasteiger partial charge in [0.25, 0.3) is 0 Å². The van der Waals surface area contributed by atoms with Crippen LogP contribution in [0.25, 0.3) is 11.1 Å². The number of piperidine rings is 1. The third-order valence-electron chi connectivity index (χ3n) is 3.34. The van der Waals surface area contributed by atoms with Gasteiger partial charge >= 0.3 is 5.76 Å². The van der Waals surface area contributed by atoms with E-state index in [-0.39, 0.29) is 12.3 Å². The minimum absolute atomic E-state index is 0.232. The monoisotopic (exact) mass is 263 g/mol. The summed E-state index contributed by atoms with van der Waals surface area (Å²) in [6, 6.07) is 4.49. The van der Waals surface area contributed by atoms with Crippen molar-refractivity contribution in [2.75, 3.05) is 5.73 Å². The van der Waals surface area contributed by atoms with Gasteiger partial charge in [-0.1, -0.05) is 6.07 Å². The van der Waals surface area contributed by atoms with Crippen molar-refractivity contribution in [3.05, 3.63) is 28.7 Å². The second kappa shape index (κ2) is 4.13. The van der Waals surface area contributed by atoms with Crippen molar-refractivity contribution in [2.45, 2.75) is 25.1 Å². The summed E-state index contributed by atoms with van der Waals surface area (Å²) in [7, 11) is 0. The Bertz CT molecular complexity index is 703. The summed E-state index contributed by atoms with van der Waals surface area (Å²) < 4.78 is 6.46. The molecule has 1 amide bonds. The molecule has 1 aliphatic heterocycles. The molecule has 19 heavy (non-hydrogen) atoms. The van der Waals surface area contributed by atoms with Gasteiger partial charge in [0.1, 0.15) is 6.23 Å². The van der Waals surface area contributed by atoms with Gasteiger partial charge in [0.2, 0.25) is 5.91 Å². The second-order valence-corrected chi connectivity index (χ2v) is 4.55. The molecular formula is C12H13N3O4. The molecule has 0 saturated carbocycles. The molecule has 7 nitrogen and oxygen atoms in total. The molecule has 3 rings (SSSR count). The van der Waals surface area contributed by atoms with Gasteiger partial charge in [0, 0.05) is 6.42 Å². The first kappa shape index (κ1) is 11.8. The number of carbonyl (C=O) groups is 1. The van der Waals surface area contributed by atoms with Gasteiger partial charge in [-0.05, 0) is 18.6 Å². The van der Waals surface area contributed by atoms with Crippen molar-refractivity contribution < 1.29 is 14.3 Å². The summed E-state index contributed by atoms with van der Waals surface area (Å²) in [4.78, 5) is 23.1. The average molecular weight is 263 g/mol. The first-order valence-corrected chi connectivity index (χ1v) is 5.95. The number of benzene rings is 1. The molecule has 0 bridgehead atoms. The van der Waals surface area contributed by atoms with Crippen molar-refractivity contribution in [1.82, 2.24) is 9.88 Å². The highest BCUT2D eigenvalue weighted by atomic mass is 16.4. The number of rotatable bonds is 1. The van der Waals surface area contributed by atoms with Crippen LogP contribution in [0, 0.1) is 0 Å². The number of carbonyl (C=O) groups excluding carboxylic acids is 1. The van der Waals surface area contributed by atoms with Gasteiger partial charge in [-0.25, -0.2) is 4.79 Å². The van der Waals surface area contributed by atoms with Crippen LogP contribution in [0.4, 0.5) is 5.69 Å². The van der Waals surface area contributed by atoms with Crippen molar-refractivity contribution in [1.29, 1.82) is 0 Å². The number of nitrogen functional groups attached to an aromatic ring is 1. The van der Waals surface area contributed by atoms with Crippen LogP contribution in [-0.4, -0.2) is 21.8 Å². The zero-order valence-electron chi connectivity index (χ0n) is 10.00. The average Bonchev–Trinajstić information content (AvgIpc) is 2.68. The highest BCUT2D eigenvalue weighted by Gasteiger charge is 2.31. The minimum Gasteiger partial charge on any atom is -0.405 e. The van der Waals surface area contributed by atoms with Crippen LogP contribution >= 0.6 is 0 Å². The zero-order valence-corrected chi connectivity index (χ0v) is 10.00. The summed E-state index contributed by atoms with van der Waals surface area (Å²) >= 11 is 0. The maximum absolute atomic E-state index is 11.9. The number of nitrogens with one attached hydrogen (secondary N) is 1. The molecule has 1 aromatic carbocycles. The number of fused-ring (bicyclic) bond motifs is 1. The molecule has 2 heterocycles. The second-order valence-electron chi connectivity index (χ2n) is 4.55. The number of nitrogens with zero attached hydrogens (tertiary/aromatic N) is 1. The summed E-state index contributed by atoms with van der Waals surface area (Å²) in [5.74, 6) is -0.822. The van der Waals surface area contributed by atoms with E-state index in [1.165, 1.54) is 4.57 Å². The zero-order chi connectivity index (χ0) is 13.6. The number of hydrogen-bond donors (Lipinski definition) is 3. The number of oxazole rings is 1. The molecule has 2 atom stereocenters. The number of hydrogen-bond acceptors (Lipinski definition) is 5. The van der Waals surface area contributed by atoms with Gasteiger partial charge in [-0.2, -0.15) is 0 Å². The molecule has 2 unspecified atom stereocenters. The lowest BCUT2D eigenvalue weighted by Gasteiger charge is -2.28. The quantitative estimate of drug-likeness (QED) is 0.624. The Morgan fingerprint density at radius 3 is 2.95 bits per heavy atom. The fourth-order valence-electron chi connectivity index (χ4n) is 2.43. The van der Waals surface area contributed by atoms with Crippen molar-refractivity contribution in [2.24, 2.45) is 0 Å². The van der Waals surface area contributed by atoms with Gasteiger partial charge < -0.3 is 20.6 Å². The van der Waals surface area contributed by atoms with Gasteiger partial charge in [0.05, 0.1) is 17.2 Å². The number of nitrogens with two attached hydrogens (primary N) is 1. The Kier molecular flexibility index (Phi) is 2.56. The van der Waals surface area contributed by atoms with E-state index in [0.717, 1.165) is 0 Å². The smallest absolute Gasteiger partial charge is 0.405 e. The number of aliphatic hydroxyl groups is 1. The fraction of sp³-hybridized carbons (Fsp3) is 0.333. The standard InChI is InChI=1S/C12H13N3O4/c13-6-2-1-3-7-10(6)19-12(18)15(7)8-4-5-9(16)14-11(8)17/h1-3,8,11,17H,4-5,13H2,(H,14,16). The number of aliphatic hydroxyl groups excluding tert-OH is 1. The predicted octanol–water partition coefficient (Wildman–Crippen LogP) is -0.0538. The molecule has 100 valence electrons. The maximum Gasteiger partial charge on any atom is 0.420 e. The molecule has 1 aliphatic rings. The number of amides is 1. The van der Waals surface area contributed by atoms with Gasteiger partial charge in [-0.3, -0.25) is 9.36 Å². The summed E-state index contributed by atoms with van der Waals surface area (Å²) in [6.45, 7) is 0. The lowest BCUT2D eigenvalue weighted by atomic mass is 10.0. The summed E-state index contributed by atoms with van der Waals surface area (Å²) in [6.07, 6.45) is -0.486. The molecule has 1 saturated heterocycles. The molecule has 2 aromatic rings. The van der Waals surface area contributed by atoms with Gasteiger partial charge in [0.15, 0.2) is 5.58 Å². The van der Waals surface area contributed by atoms with E-state index >= 15 is 0 Å². The lowest BCUT2D eigenvalue weighted by molar-refractivity contribution is -0.128. The first-order chi connectivity index (χ1) is 9.08. The van der Waals surface area contributed by atoms with Crippen LogP contribution in [0.2, 0.25) is 0 Å². The molecule has 1 aromatic heterocycles. The number of aromatic nitrogens is 1. The topological polar surface area (TPSA) is 110 Å². The fourth-order valence-corrected chi connectivity index (χ4v) is 2.43. The molecule has 0 radical (unpaired) electrons. The Morgan fingerprint density at radius 1 is 1.42 bits per heavy atom. The van der Waals surface area contributed by atoms with E-state index < -0.39 is 18.0 Å². The van der Waals surface area contributed by atoms with Crippen molar-refractivity contribution in [3.8, 4) is 0 Å².